The molecule has 0 saturated carbocycles. The Bertz CT molecular complexity index is 1020. The van der Waals surface area contributed by atoms with Gasteiger partial charge in [0, 0.05) is 12.5 Å². The van der Waals surface area contributed by atoms with E-state index in [2.05, 4.69) is 9.71 Å². The van der Waals surface area contributed by atoms with Crippen molar-refractivity contribution in [2.24, 2.45) is 0 Å². The fraction of sp³-hybridized carbons (Fsp3) is 0.211. The molecule has 0 aliphatic carbocycles. The lowest BCUT2D eigenvalue weighted by Crippen LogP contribution is -2.13. The van der Waals surface area contributed by atoms with Gasteiger partial charge in [0.1, 0.15) is 11.5 Å². The average molecular weight is 356 g/mol. The summed E-state index contributed by atoms with van der Waals surface area (Å²) in [4.78, 5) is 4.53. The Labute approximate surface area is 147 Å². The molecule has 130 valence electrons. The molecule has 0 aliphatic heterocycles. The number of oxazole rings is 1. The Morgan fingerprint density at radius 3 is 2.20 bits per heavy atom. The smallest absolute Gasteiger partial charge is 0.261 e. The van der Waals surface area contributed by atoms with Gasteiger partial charge in [-0.15, -0.1) is 0 Å². The molecule has 0 bridgehead atoms. The third-order valence-corrected chi connectivity index (χ3v) is 5.35. The van der Waals surface area contributed by atoms with Crippen LogP contribution in [0.25, 0.3) is 11.3 Å². The van der Waals surface area contributed by atoms with E-state index in [0.717, 1.165) is 22.4 Å². The number of nitrogens with zero attached hydrogens (tertiary/aromatic N) is 1. The molecule has 1 N–H and O–H groups in total. The van der Waals surface area contributed by atoms with E-state index >= 15 is 0 Å². The summed E-state index contributed by atoms with van der Waals surface area (Å²) < 4.78 is 33.3. The molecule has 3 aromatic rings. The highest BCUT2D eigenvalue weighted by molar-refractivity contribution is 7.92. The van der Waals surface area contributed by atoms with E-state index < -0.39 is 10.0 Å². The van der Waals surface area contributed by atoms with Crippen LogP contribution in [0.1, 0.15) is 22.8 Å². The van der Waals surface area contributed by atoms with Gasteiger partial charge < -0.3 is 4.42 Å². The number of aromatic nitrogens is 1. The van der Waals surface area contributed by atoms with Crippen molar-refractivity contribution in [2.75, 3.05) is 4.72 Å². The van der Waals surface area contributed by atoms with Gasteiger partial charge in [0.05, 0.1) is 10.6 Å². The normalized spacial score (nSPS) is 11.5. The maximum absolute atomic E-state index is 12.6. The summed E-state index contributed by atoms with van der Waals surface area (Å²) in [6, 6.07) is 12.2. The topological polar surface area (TPSA) is 72.2 Å². The second-order valence-corrected chi connectivity index (χ2v) is 7.77. The fourth-order valence-electron chi connectivity index (χ4n) is 2.72. The van der Waals surface area contributed by atoms with E-state index in [4.69, 9.17) is 4.42 Å². The highest BCUT2D eigenvalue weighted by Gasteiger charge is 2.16. The first-order valence-corrected chi connectivity index (χ1v) is 9.39. The van der Waals surface area contributed by atoms with Crippen LogP contribution in [0.15, 0.2) is 51.8 Å². The van der Waals surface area contributed by atoms with Gasteiger partial charge in [-0.2, -0.15) is 0 Å². The van der Waals surface area contributed by atoms with Crippen LogP contribution in [0.2, 0.25) is 0 Å². The molecule has 2 aromatic carbocycles. The van der Waals surface area contributed by atoms with Crippen molar-refractivity contribution in [3.63, 3.8) is 0 Å². The molecular weight excluding hydrogens is 336 g/mol. The summed E-state index contributed by atoms with van der Waals surface area (Å²) >= 11 is 0. The van der Waals surface area contributed by atoms with Crippen molar-refractivity contribution < 1.29 is 12.8 Å². The quantitative estimate of drug-likeness (QED) is 0.753. The zero-order chi connectivity index (χ0) is 18.2. The number of benzene rings is 2. The summed E-state index contributed by atoms with van der Waals surface area (Å²) in [5.41, 5.74) is 4.10. The first-order chi connectivity index (χ1) is 11.8. The molecule has 6 heteroatoms. The molecule has 0 unspecified atom stereocenters. The Hall–Kier alpha value is -2.60. The van der Waals surface area contributed by atoms with Gasteiger partial charge in [0.2, 0.25) is 0 Å². The average Bonchev–Trinajstić information content (AvgIpc) is 2.89. The minimum atomic E-state index is -3.65. The second kappa shape index (κ2) is 6.37. The van der Waals surface area contributed by atoms with E-state index in [1.807, 2.05) is 32.9 Å². The van der Waals surface area contributed by atoms with Gasteiger partial charge in [0.15, 0.2) is 5.89 Å². The van der Waals surface area contributed by atoms with Gasteiger partial charge in [-0.3, -0.25) is 4.72 Å². The number of anilines is 1. The first kappa shape index (κ1) is 17.2. The summed E-state index contributed by atoms with van der Waals surface area (Å²) in [5, 5.41) is 0. The van der Waals surface area contributed by atoms with E-state index in [9.17, 15) is 8.42 Å². The monoisotopic (exact) mass is 356 g/mol. The summed E-state index contributed by atoms with van der Waals surface area (Å²) in [7, 11) is -3.65. The molecule has 5 nitrogen and oxygen atoms in total. The molecule has 1 heterocycles. The Kier molecular flexibility index (Phi) is 4.39. The van der Waals surface area contributed by atoms with Crippen LogP contribution in [0.3, 0.4) is 0 Å². The number of hydrogen-bond donors (Lipinski definition) is 1. The van der Waals surface area contributed by atoms with Gasteiger partial charge in [-0.1, -0.05) is 29.8 Å². The number of hydrogen-bond acceptors (Lipinski definition) is 4. The lowest BCUT2D eigenvalue weighted by atomic mass is 10.1. The predicted molar refractivity (Wildman–Crippen MR) is 98.1 cm³/mol. The van der Waals surface area contributed by atoms with Gasteiger partial charge in [-0.05, 0) is 44.5 Å². The third kappa shape index (κ3) is 3.58. The van der Waals surface area contributed by atoms with Crippen molar-refractivity contribution in [3.05, 3.63) is 65.2 Å². The standard InChI is InChI=1S/C19H20N2O3S/c1-12-5-10-18(13(2)11-12)21-25(22,23)17-8-6-16(7-9-17)19-14(3)24-15(4)20-19/h5-11,21H,1-4H3. The Morgan fingerprint density at radius 1 is 0.960 bits per heavy atom. The lowest BCUT2D eigenvalue weighted by molar-refractivity contribution is 0.495. The predicted octanol–water partition coefficient (Wildman–Crippen LogP) is 4.38. The maximum atomic E-state index is 12.6. The second-order valence-electron chi connectivity index (χ2n) is 6.09. The lowest BCUT2D eigenvalue weighted by Gasteiger charge is -2.11. The largest absolute Gasteiger partial charge is 0.446 e. The van der Waals surface area contributed by atoms with E-state index in [1.165, 1.54) is 0 Å². The van der Waals surface area contributed by atoms with Crippen molar-refractivity contribution in [1.82, 2.24) is 4.98 Å². The number of rotatable bonds is 4. The summed E-state index contributed by atoms with van der Waals surface area (Å²) in [6.07, 6.45) is 0. The molecule has 0 radical (unpaired) electrons. The molecule has 25 heavy (non-hydrogen) atoms. The molecule has 0 fully saturated rings. The molecule has 0 spiro atoms. The fourth-order valence-corrected chi connectivity index (χ4v) is 3.85. The zero-order valence-corrected chi connectivity index (χ0v) is 15.4. The maximum Gasteiger partial charge on any atom is 0.261 e. The van der Waals surface area contributed by atoms with Crippen LogP contribution in [-0.2, 0) is 10.0 Å². The first-order valence-electron chi connectivity index (χ1n) is 7.91. The number of aryl methyl sites for hydroxylation is 4. The Morgan fingerprint density at radius 2 is 1.64 bits per heavy atom. The molecule has 0 saturated heterocycles. The number of sulfonamides is 1. The van der Waals surface area contributed by atoms with Crippen molar-refractivity contribution in [1.29, 1.82) is 0 Å². The molecular formula is C19H20N2O3S. The highest BCUT2D eigenvalue weighted by Crippen LogP contribution is 2.26. The van der Waals surface area contributed by atoms with E-state index in [-0.39, 0.29) is 4.90 Å². The van der Waals surface area contributed by atoms with Gasteiger partial charge >= 0.3 is 0 Å². The van der Waals surface area contributed by atoms with Crippen molar-refractivity contribution in [2.45, 2.75) is 32.6 Å². The van der Waals surface area contributed by atoms with Crippen molar-refractivity contribution >= 4 is 15.7 Å². The van der Waals surface area contributed by atoms with E-state index in [0.29, 0.717) is 17.3 Å². The minimum absolute atomic E-state index is 0.203. The van der Waals surface area contributed by atoms with Crippen LogP contribution in [-0.4, -0.2) is 13.4 Å². The molecule has 1 aromatic heterocycles. The zero-order valence-electron chi connectivity index (χ0n) is 14.6. The van der Waals surface area contributed by atoms with Crippen LogP contribution in [0.5, 0.6) is 0 Å². The third-order valence-electron chi connectivity index (χ3n) is 3.97. The van der Waals surface area contributed by atoms with Crippen LogP contribution in [0, 0.1) is 27.7 Å². The van der Waals surface area contributed by atoms with Crippen LogP contribution < -0.4 is 4.72 Å². The minimum Gasteiger partial charge on any atom is -0.446 e. The van der Waals surface area contributed by atoms with Crippen molar-refractivity contribution in [3.8, 4) is 11.3 Å². The molecule has 0 aliphatic rings. The van der Waals surface area contributed by atoms with Gasteiger partial charge in [0.25, 0.3) is 10.0 Å². The highest BCUT2D eigenvalue weighted by atomic mass is 32.2. The van der Waals surface area contributed by atoms with Crippen LogP contribution >= 0.6 is 0 Å². The molecule has 0 amide bonds. The van der Waals surface area contributed by atoms with Gasteiger partial charge in [-0.25, -0.2) is 13.4 Å². The van der Waals surface area contributed by atoms with Crippen LogP contribution in [0.4, 0.5) is 5.69 Å². The van der Waals surface area contributed by atoms with E-state index in [1.54, 1.807) is 37.3 Å². The number of nitrogens with one attached hydrogen (secondary N) is 1. The molecule has 3 rings (SSSR count). The SMILES string of the molecule is Cc1ccc(NS(=O)(=O)c2ccc(-c3nc(C)oc3C)cc2)c(C)c1. The Balaban J connectivity index is 1.89. The summed E-state index contributed by atoms with van der Waals surface area (Å²) in [6.45, 7) is 7.46. The summed E-state index contributed by atoms with van der Waals surface area (Å²) in [5.74, 6) is 1.29. The molecule has 0 atom stereocenters.